The largest absolute Gasteiger partial charge is 0.478 e. The van der Waals surface area contributed by atoms with Crippen molar-refractivity contribution in [2.24, 2.45) is 5.73 Å². The zero-order chi connectivity index (χ0) is 14.7. The monoisotopic (exact) mass is 277 g/mol. The number of carbonyl (C=O) groups is 2. The summed E-state index contributed by atoms with van der Waals surface area (Å²) in [5.74, 6) is -0.934. The third kappa shape index (κ3) is 3.20. The van der Waals surface area contributed by atoms with E-state index >= 15 is 0 Å². The van der Waals surface area contributed by atoms with E-state index in [1.165, 1.54) is 0 Å². The fourth-order valence-corrected chi connectivity index (χ4v) is 2.37. The number of nitrogens with one attached hydrogen (secondary N) is 1. The Morgan fingerprint density at radius 1 is 1.35 bits per heavy atom. The Labute approximate surface area is 117 Å². The van der Waals surface area contributed by atoms with Gasteiger partial charge in [0.1, 0.15) is 0 Å². The van der Waals surface area contributed by atoms with Crippen LogP contribution in [0.4, 0.5) is 10.5 Å². The highest BCUT2D eigenvalue weighted by Crippen LogP contribution is 2.21. The molecule has 1 aliphatic rings. The number of urea groups is 1. The number of nitrogens with zero attached hydrogens (tertiary/aromatic N) is 1. The molecule has 1 aromatic carbocycles. The summed E-state index contributed by atoms with van der Waals surface area (Å²) < 4.78 is 0. The molecule has 0 saturated carbocycles. The second-order valence-electron chi connectivity index (χ2n) is 5.08. The maximum absolute atomic E-state index is 11.1. The molecular weight excluding hydrogens is 258 g/mol. The summed E-state index contributed by atoms with van der Waals surface area (Å²) in [6, 6.07) is 4.89. The summed E-state index contributed by atoms with van der Waals surface area (Å²) in [7, 11) is 0. The SMILES string of the molecule is Cc1ccc(C(=O)O)cc1NC1CCN(C(N)=O)CC1. The molecule has 0 aromatic heterocycles. The highest BCUT2D eigenvalue weighted by atomic mass is 16.4. The van der Waals surface area contributed by atoms with E-state index in [-0.39, 0.29) is 17.6 Å². The zero-order valence-electron chi connectivity index (χ0n) is 11.4. The van der Waals surface area contributed by atoms with Gasteiger partial charge in [0, 0.05) is 24.8 Å². The van der Waals surface area contributed by atoms with E-state index in [1.54, 1.807) is 23.1 Å². The predicted molar refractivity (Wildman–Crippen MR) is 75.9 cm³/mol. The van der Waals surface area contributed by atoms with Crippen molar-refractivity contribution in [2.45, 2.75) is 25.8 Å². The Balaban J connectivity index is 2.02. The Hall–Kier alpha value is -2.24. The molecule has 20 heavy (non-hydrogen) atoms. The van der Waals surface area contributed by atoms with Gasteiger partial charge in [-0.3, -0.25) is 0 Å². The first-order valence-electron chi connectivity index (χ1n) is 6.62. The molecule has 108 valence electrons. The van der Waals surface area contributed by atoms with Crippen LogP contribution in [-0.2, 0) is 0 Å². The highest BCUT2D eigenvalue weighted by molar-refractivity contribution is 5.89. The number of carboxylic acids is 1. The number of piperidine rings is 1. The van der Waals surface area contributed by atoms with Crippen molar-refractivity contribution in [1.29, 1.82) is 0 Å². The minimum absolute atomic E-state index is 0.230. The highest BCUT2D eigenvalue weighted by Gasteiger charge is 2.21. The van der Waals surface area contributed by atoms with Crippen LogP contribution in [0.2, 0.25) is 0 Å². The van der Waals surface area contributed by atoms with Crippen molar-refractivity contribution in [1.82, 2.24) is 4.90 Å². The second-order valence-corrected chi connectivity index (χ2v) is 5.08. The molecule has 0 radical (unpaired) electrons. The van der Waals surface area contributed by atoms with E-state index in [9.17, 15) is 9.59 Å². The van der Waals surface area contributed by atoms with E-state index in [4.69, 9.17) is 10.8 Å². The lowest BCUT2D eigenvalue weighted by Gasteiger charge is -2.32. The normalized spacial score (nSPS) is 15.9. The average molecular weight is 277 g/mol. The van der Waals surface area contributed by atoms with E-state index in [0.717, 1.165) is 24.1 Å². The van der Waals surface area contributed by atoms with Gasteiger partial charge in [0.15, 0.2) is 0 Å². The zero-order valence-corrected chi connectivity index (χ0v) is 11.4. The van der Waals surface area contributed by atoms with Gasteiger partial charge in [0.25, 0.3) is 0 Å². The van der Waals surface area contributed by atoms with Crippen molar-refractivity contribution in [3.63, 3.8) is 0 Å². The van der Waals surface area contributed by atoms with Crippen molar-refractivity contribution in [3.8, 4) is 0 Å². The smallest absolute Gasteiger partial charge is 0.335 e. The number of aromatic carboxylic acids is 1. The Bertz CT molecular complexity index is 522. The first-order valence-corrected chi connectivity index (χ1v) is 6.62. The molecule has 1 fully saturated rings. The van der Waals surface area contributed by atoms with Crippen LogP contribution in [0.5, 0.6) is 0 Å². The van der Waals surface area contributed by atoms with Crippen LogP contribution >= 0.6 is 0 Å². The molecule has 0 atom stereocenters. The van der Waals surface area contributed by atoms with Crippen LogP contribution in [0.1, 0.15) is 28.8 Å². The van der Waals surface area contributed by atoms with Crippen molar-refractivity contribution < 1.29 is 14.7 Å². The Kier molecular flexibility index (Phi) is 4.12. The number of hydrogen-bond donors (Lipinski definition) is 3. The number of amides is 2. The van der Waals surface area contributed by atoms with E-state index in [2.05, 4.69) is 5.32 Å². The Morgan fingerprint density at radius 2 is 2.00 bits per heavy atom. The van der Waals surface area contributed by atoms with Gasteiger partial charge < -0.3 is 21.1 Å². The first kappa shape index (κ1) is 14.2. The van der Waals surface area contributed by atoms with Gasteiger partial charge in [-0.05, 0) is 37.5 Å². The molecule has 0 bridgehead atoms. The van der Waals surface area contributed by atoms with Crippen LogP contribution in [0, 0.1) is 6.92 Å². The molecule has 6 heteroatoms. The fourth-order valence-electron chi connectivity index (χ4n) is 2.37. The first-order chi connectivity index (χ1) is 9.47. The van der Waals surface area contributed by atoms with Gasteiger partial charge in [-0.15, -0.1) is 0 Å². The molecule has 2 rings (SSSR count). The van der Waals surface area contributed by atoms with Crippen molar-refractivity contribution in [3.05, 3.63) is 29.3 Å². The molecule has 1 heterocycles. The van der Waals surface area contributed by atoms with Gasteiger partial charge in [0.2, 0.25) is 0 Å². The maximum atomic E-state index is 11.1. The predicted octanol–water partition coefficient (Wildman–Crippen LogP) is 1.65. The number of carboxylic acid groups (broad SMARTS) is 1. The fraction of sp³-hybridized carbons (Fsp3) is 0.429. The molecule has 1 saturated heterocycles. The lowest BCUT2D eigenvalue weighted by atomic mass is 10.0. The molecule has 6 nitrogen and oxygen atoms in total. The molecule has 0 spiro atoms. The average Bonchev–Trinajstić information content (AvgIpc) is 2.41. The van der Waals surface area contributed by atoms with Crippen LogP contribution in [-0.4, -0.2) is 41.1 Å². The summed E-state index contributed by atoms with van der Waals surface area (Å²) in [6.07, 6.45) is 1.61. The van der Waals surface area contributed by atoms with Crippen molar-refractivity contribution in [2.75, 3.05) is 18.4 Å². The minimum atomic E-state index is -0.934. The molecule has 0 unspecified atom stereocenters. The minimum Gasteiger partial charge on any atom is -0.478 e. The summed E-state index contributed by atoms with van der Waals surface area (Å²) >= 11 is 0. The molecule has 2 amide bonds. The van der Waals surface area contributed by atoms with E-state index in [1.807, 2.05) is 6.92 Å². The molecule has 1 aromatic rings. The van der Waals surface area contributed by atoms with Crippen LogP contribution < -0.4 is 11.1 Å². The second kappa shape index (κ2) is 5.81. The van der Waals surface area contributed by atoms with Gasteiger partial charge in [-0.2, -0.15) is 0 Å². The van der Waals surface area contributed by atoms with Gasteiger partial charge >= 0.3 is 12.0 Å². The third-order valence-electron chi connectivity index (χ3n) is 3.65. The topological polar surface area (TPSA) is 95.7 Å². The number of anilines is 1. The molecular formula is C14H19N3O3. The van der Waals surface area contributed by atoms with Crippen molar-refractivity contribution >= 4 is 17.7 Å². The number of primary amides is 1. The number of hydrogen-bond acceptors (Lipinski definition) is 3. The number of aryl methyl sites for hydroxylation is 1. The number of carbonyl (C=O) groups excluding carboxylic acids is 1. The lowest BCUT2D eigenvalue weighted by Crippen LogP contribution is -2.44. The van der Waals surface area contributed by atoms with Gasteiger partial charge in [-0.1, -0.05) is 6.07 Å². The maximum Gasteiger partial charge on any atom is 0.335 e. The number of nitrogens with two attached hydrogens (primary N) is 1. The summed E-state index contributed by atoms with van der Waals surface area (Å²) in [4.78, 5) is 23.7. The summed E-state index contributed by atoms with van der Waals surface area (Å²) in [5.41, 5.74) is 7.36. The van der Waals surface area contributed by atoms with Crippen LogP contribution in [0.15, 0.2) is 18.2 Å². The standard InChI is InChI=1S/C14H19N3O3/c1-9-2-3-10(13(18)19)8-12(9)16-11-4-6-17(7-5-11)14(15)20/h2-3,8,11,16H,4-7H2,1H3,(H2,15,20)(H,18,19). The summed E-state index contributed by atoms with van der Waals surface area (Å²) in [5, 5.41) is 12.4. The quantitative estimate of drug-likeness (QED) is 0.782. The third-order valence-corrected chi connectivity index (χ3v) is 3.65. The number of benzene rings is 1. The van der Waals surface area contributed by atoms with E-state index in [0.29, 0.717) is 13.1 Å². The van der Waals surface area contributed by atoms with E-state index < -0.39 is 5.97 Å². The van der Waals surface area contributed by atoms with Gasteiger partial charge in [-0.25, -0.2) is 9.59 Å². The Morgan fingerprint density at radius 3 is 2.55 bits per heavy atom. The molecule has 4 N–H and O–H groups in total. The van der Waals surface area contributed by atoms with Crippen LogP contribution in [0.3, 0.4) is 0 Å². The van der Waals surface area contributed by atoms with Gasteiger partial charge in [0.05, 0.1) is 5.56 Å². The molecule has 1 aliphatic heterocycles. The number of likely N-dealkylation sites (tertiary alicyclic amines) is 1. The number of rotatable bonds is 3. The summed E-state index contributed by atoms with van der Waals surface area (Å²) in [6.45, 7) is 3.20. The van der Waals surface area contributed by atoms with Crippen LogP contribution in [0.25, 0.3) is 0 Å². The lowest BCUT2D eigenvalue weighted by molar-refractivity contribution is 0.0697. The molecule has 0 aliphatic carbocycles.